The third-order valence-corrected chi connectivity index (χ3v) is 6.30. The molecule has 1 amide bonds. The summed E-state index contributed by atoms with van der Waals surface area (Å²) in [6.45, 7) is 2.12. The van der Waals surface area contributed by atoms with Crippen LogP contribution < -0.4 is 5.32 Å². The fourth-order valence-electron chi connectivity index (χ4n) is 4.09. The molecule has 1 aromatic heterocycles. The van der Waals surface area contributed by atoms with Crippen LogP contribution in [0.1, 0.15) is 24.0 Å². The summed E-state index contributed by atoms with van der Waals surface area (Å²) < 4.78 is 0. The average Bonchev–Trinajstić information content (AvgIpc) is 3.12. The van der Waals surface area contributed by atoms with Gasteiger partial charge >= 0.3 is 0 Å². The number of hydrogen-bond donors (Lipinski definition) is 1. The maximum Gasteiger partial charge on any atom is 0.230 e. The van der Waals surface area contributed by atoms with Gasteiger partial charge in [-0.05, 0) is 55.5 Å². The molecule has 1 fully saturated rings. The maximum atomic E-state index is 12.3. The molecule has 1 saturated heterocycles. The van der Waals surface area contributed by atoms with E-state index in [1.54, 1.807) is 6.20 Å². The van der Waals surface area contributed by atoms with Gasteiger partial charge in [-0.15, -0.1) is 0 Å². The molecule has 2 aliphatic rings. The predicted molar refractivity (Wildman–Crippen MR) is 105 cm³/mol. The standard InChI is InChI=1S/C21H25N3OS/c25-20(15-26-21-9-3-4-10-22-21)23-18-8-5-11-24(14-18)19-12-16-6-1-2-7-17(16)13-19/h1-4,6-7,9-10,18-19H,5,8,11-15H2,(H,23,25). The summed E-state index contributed by atoms with van der Waals surface area (Å²) in [5.74, 6) is 0.546. The van der Waals surface area contributed by atoms with E-state index in [9.17, 15) is 4.79 Å². The fraction of sp³-hybridized carbons (Fsp3) is 0.429. The number of likely N-dealkylation sites (tertiary alicyclic amines) is 1. The van der Waals surface area contributed by atoms with E-state index in [-0.39, 0.29) is 11.9 Å². The molecule has 1 aliphatic heterocycles. The van der Waals surface area contributed by atoms with Crippen LogP contribution in [0.15, 0.2) is 53.7 Å². The van der Waals surface area contributed by atoms with Crippen LogP contribution in [-0.4, -0.2) is 46.7 Å². The summed E-state index contributed by atoms with van der Waals surface area (Å²) in [6, 6.07) is 15.4. The highest BCUT2D eigenvalue weighted by atomic mass is 32.2. The Morgan fingerprint density at radius 3 is 2.65 bits per heavy atom. The Bertz CT molecular complexity index is 727. The molecule has 1 N–H and O–H groups in total. The number of nitrogens with one attached hydrogen (secondary N) is 1. The highest BCUT2D eigenvalue weighted by molar-refractivity contribution is 7.99. The number of aromatic nitrogens is 1. The van der Waals surface area contributed by atoms with E-state index in [0.29, 0.717) is 11.8 Å². The molecule has 4 rings (SSSR count). The summed E-state index contributed by atoms with van der Waals surface area (Å²) >= 11 is 1.50. The normalized spacial score (nSPS) is 20.7. The van der Waals surface area contributed by atoms with Crippen LogP contribution in [0.2, 0.25) is 0 Å². The highest BCUT2D eigenvalue weighted by Gasteiger charge is 2.30. The Labute approximate surface area is 159 Å². The number of fused-ring (bicyclic) bond motifs is 1. The molecule has 1 unspecified atom stereocenters. The lowest BCUT2D eigenvalue weighted by atomic mass is 10.0. The van der Waals surface area contributed by atoms with E-state index < -0.39 is 0 Å². The zero-order chi connectivity index (χ0) is 17.8. The van der Waals surface area contributed by atoms with Crippen molar-refractivity contribution in [2.75, 3.05) is 18.8 Å². The van der Waals surface area contributed by atoms with Gasteiger partial charge in [0, 0.05) is 24.8 Å². The molecule has 2 aromatic rings. The van der Waals surface area contributed by atoms with Gasteiger partial charge in [0.05, 0.1) is 10.8 Å². The number of amides is 1. The number of thioether (sulfide) groups is 1. The van der Waals surface area contributed by atoms with Gasteiger partial charge in [-0.1, -0.05) is 42.1 Å². The summed E-state index contributed by atoms with van der Waals surface area (Å²) in [5, 5.41) is 4.13. The summed E-state index contributed by atoms with van der Waals surface area (Å²) in [4.78, 5) is 19.2. The molecule has 1 atom stereocenters. The number of benzene rings is 1. The van der Waals surface area contributed by atoms with Gasteiger partial charge in [-0.2, -0.15) is 0 Å². The molecule has 0 spiro atoms. The first kappa shape index (κ1) is 17.6. The van der Waals surface area contributed by atoms with Crippen LogP contribution in [0.25, 0.3) is 0 Å². The van der Waals surface area contributed by atoms with Gasteiger partial charge in [-0.3, -0.25) is 9.69 Å². The SMILES string of the molecule is O=C(CSc1ccccn1)NC1CCCN(C2Cc3ccccc3C2)C1. The third-order valence-electron chi connectivity index (χ3n) is 5.35. The summed E-state index contributed by atoms with van der Waals surface area (Å²) in [5.41, 5.74) is 2.99. The first-order valence-corrected chi connectivity index (χ1v) is 10.4. The first-order valence-electron chi connectivity index (χ1n) is 9.42. The van der Waals surface area contributed by atoms with Crippen LogP contribution in [0.4, 0.5) is 0 Å². The van der Waals surface area contributed by atoms with Crippen LogP contribution in [0, 0.1) is 0 Å². The van der Waals surface area contributed by atoms with Gasteiger partial charge in [0.2, 0.25) is 5.91 Å². The second-order valence-corrected chi connectivity index (χ2v) is 8.18. The van der Waals surface area contributed by atoms with Crippen molar-refractivity contribution in [3.8, 4) is 0 Å². The van der Waals surface area contributed by atoms with Gasteiger partial charge in [0.15, 0.2) is 0 Å². The number of hydrogen-bond acceptors (Lipinski definition) is 4. The average molecular weight is 368 g/mol. The molecular weight excluding hydrogens is 342 g/mol. The molecule has 0 radical (unpaired) electrons. The number of carbonyl (C=O) groups excluding carboxylic acids is 1. The molecule has 1 aliphatic carbocycles. The van der Waals surface area contributed by atoms with E-state index in [1.807, 2.05) is 18.2 Å². The van der Waals surface area contributed by atoms with Gasteiger partial charge in [0.25, 0.3) is 0 Å². The molecule has 26 heavy (non-hydrogen) atoms. The lowest BCUT2D eigenvalue weighted by Gasteiger charge is -2.37. The number of rotatable bonds is 5. The lowest BCUT2D eigenvalue weighted by Crippen LogP contribution is -2.51. The number of carbonyl (C=O) groups is 1. The molecule has 0 saturated carbocycles. The van der Waals surface area contributed by atoms with Crippen LogP contribution in [0.3, 0.4) is 0 Å². The Kier molecular flexibility index (Phi) is 5.56. The zero-order valence-corrected chi connectivity index (χ0v) is 15.8. The van der Waals surface area contributed by atoms with Crippen molar-refractivity contribution in [3.05, 3.63) is 59.8 Å². The van der Waals surface area contributed by atoms with Crippen molar-refractivity contribution in [3.63, 3.8) is 0 Å². The summed E-state index contributed by atoms with van der Waals surface area (Å²) in [7, 11) is 0. The number of piperidine rings is 1. The maximum absolute atomic E-state index is 12.3. The van der Waals surface area contributed by atoms with E-state index in [2.05, 4.69) is 39.5 Å². The van der Waals surface area contributed by atoms with Crippen LogP contribution in [0.5, 0.6) is 0 Å². The van der Waals surface area contributed by atoms with E-state index in [0.717, 1.165) is 43.8 Å². The van der Waals surface area contributed by atoms with Crippen molar-refractivity contribution in [1.82, 2.24) is 15.2 Å². The minimum Gasteiger partial charge on any atom is -0.351 e. The Morgan fingerprint density at radius 2 is 1.92 bits per heavy atom. The zero-order valence-electron chi connectivity index (χ0n) is 14.9. The van der Waals surface area contributed by atoms with Gasteiger partial charge in [0.1, 0.15) is 0 Å². The van der Waals surface area contributed by atoms with Crippen molar-refractivity contribution >= 4 is 17.7 Å². The van der Waals surface area contributed by atoms with Crippen LogP contribution in [-0.2, 0) is 17.6 Å². The van der Waals surface area contributed by atoms with Crippen LogP contribution >= 0.6 is 11.8 Å². The fourth-order valence-corrected chi connectivity index (χ4v) is 4.76. The molecule has 0 bridgehead atoms. The molecule has 4 nitrogen and oxygen atoms in total. The van der Waals surface area contributed by atoms with Crippen molar-refractivity contribution in [2.45, 2.75) is 42.8 Å². The third kappa shape index (κ3) is 4.27. The molecular formula is C21H25N3OS. The molecule has 136 valence electrons. The van der Waals surface area contributed by atoms with E-state index >= 15 is 0 Å². The second kappa shape index (κ2) is 8.23. The lowest BCUT2D eigenvalue weighted by molar-refractivity contribution is -0.119. The minimum absolute atomic E-state index is 0.113. The van der Waals surface area contributed by atoms with E-state index in [4.69, 9.17) is 0 Å². The minimum atomic E-state index is 0.113. The Hall–Kier alpha value is -1.85. The number of pyridine rings is 1. The van der Waals surface area contributed by atoms with Crippen molar-refractivity contribution in [1.29, 1.82) is 0 Å². The Morgan fingerprint density at radius 1 is 1.15 bits per heavy atom. The summed E-state index contributed by atoms with van der Waals surface area (Å²) in [6.07, 6.45) is 6.29. The predicted octanol–water partition coefficient (Wildman–Crippen LogP) is 2.92. The molecule has 2 heterocycles. The quantitative estimate of drug-likeness (QED) is 0.826. The largest absolute Gasteiger partial charge is 0.351 e. The second-order valence-electron chi connectivity index (χ2n) is 7.19. The smallest absolute Gasteiger partial charge is 0.230 e. The Balaban J connectivity index is 1.27. The first-order chi connectivity index (χ1) is 12.8. The van der Waals surface area contributed by atoms with Gasteiger partial charge < -0.3 is 5.32 Å². The van der Waals surface area contributed by atoms with Crippen molar-refractivity contribution < 1.29 is 4.79 Å². The molecule has 5 heteroatoms. The topological polar surface area (TPSA) is 45.2 Å². The van der Waals surface area contributed by atoms with Crippen molar-refractivity contribution in [2.24, 2.45) is 0 Å². The highest BCUT2D eigenvalue weighted by Crippen LogP contribution is 2.27. The van der Waals surface area contributed by atoms with Gasteiger partial charge in [-0.25, -0.2) is 4.98 Å². The van der Waals surface area contributed by atoms with E-state index in [1.165, 1.54) is 22.9 Å². The number of nitrogens with zero attached hydrogens (tertiary/aromatic N) is 2. The molecule has 1 aromatic carbocycles. The monoisotopic (exact) mass is 367 g/mol.